The number of amides is 2. The lowest BCUT2D eigenvalue weighted by molar-refractivity contribution is -0.140. The van der Waals surface area contributed by atoms with Crippen LogP contribution >= 0.6 is 11.6 Å². The topological polar surface area (TPSA) is 96.0 Å². The lowest BCUT2D eigenvalue weighted by Gasteiger charge is -2.35. The molecule has 2 amide bonds. The summed E-state index contributed by atoms with van der Waals surface area (Å²) in [6.07, 6.45) is 5.26. The number of anilines is 1. The Balaban J connectivity index is 1.56. The molecule has 10 heteroatoms. The van der Waals surface area contributed by atoms with E-state index >= 15 is 0 Å². The van der Waals surface area contributed by atoms with Crippen molar-refractivity contribution in [1.29, 1.82) is 0 Å². The first-order chi connectivity index (χ1) is 23.1. The average Bonchev–Trinajstić information content (AvgIpc) is 3.09. The van der Waals surface area contributed by atoms with E-state index in [1.54, 1.807) is 30.3 Å². The number of halogens is 1. The van der Waals surface area contributed by atoms with Crippen LogP contribution in [-0.4, -0.2) is 50.9 Å². The molecule has 0 aromatic heterocycles. The first-order valence-corrected chi connectivity index (χ1v) is 18.1. The normalized spacial score (nSPS) is 14.1. The number of methoxy groups -OCH3 is 1. The molecule has 4 aromatic rings. The third kappa shape index (κ3) is 8.96. The average molecular weight is 688 g/mol. The molecular formula is C38H42ClN3O5S. The van der Waals surface area contributed by atoms with Crippen LogP contribution in [0.4, 0.5) is 5.69 Å². The van der Waals surface area contributed by atoms with Crippen molar-refractivity contribution in [2.24, 2.45) is 0 Å². The first-order valence-electron chi connectivity index (χ1n) is 16.3. The highest BCUT2D eigenvalue weighted by atomic mass is 35.5. The Bertz CT molecular complexity index is 1790. The Morgan fingerprint density at radius 3 is 2.23 bits per heavy atom. The van der Waals surface area contributed by atoms with Crippen LogP contribution in [0.5, 0.6) is 5.75 Å². The quantitative estimate of drug-likeness (QED) is 0.164. The minimum absolute atomic E-state index is 0.0165. The highest BCUT2D eigenvalue weighted by molar-refractivity contribution is 7.92. The molecule has 0 bridgehead atoms. The van der Waals surface area contributed by atoms with Gasteiger partial charge in [0.2, 0.25) is 11.8 Å². The second-order valence-corrected chi connectivity index (χ2v) is 14.5. The van der Waals surface area contributed by atoms with Crippen molar-refractivity contribution < 1.29 is 22.7 Å². The molecule has 48 heavy (non-hydrogen) atoms. The second-order valence-electron chi connectivity index (χ2n) is 12.2. The van der Waals surface area contributed by atoms with Crippen molar-refractivity contribution in [2.45, 2.75) is 69.0 Å². The molecule has 0 radical (unpaired) electrons. The molecule has 1 aliphatic rings. The number of nitrogens with one attached hydrogen (secondary N) is 1. The van der Waals surface area contributed by atoms with Gasteiger partial charge >= 0.3 is 0 Å². The van der Waals surface area contributed by atoms with Gasteiger partial charge in [0.15, 0.2) is 0 Å². The summed E-state index contributed by atoms with van der Waals surface area (Å²) in [5.74, 6) is -0.274. The Kier molecular flexibility index (Phi) is 11.8. The molecule has 252 valence electrons. The summed E-state index contributed by atoms with van der Waals surface area (Å²) in [4.78, 5) is 30.4. The first kappa shape index (κ1) is 35.0. The number of nitrogens with zero attached hydrogens (tertiary/aromatic N) is 2. The number of hydrogen-bond acceptors (Lipinski definition) is 5. The van der Waals surface area contributed by atoms with Gasteiger partial charge in [-0.3, -0.25) is 13.9 Å². The van der Waals surface area contributed by atoms with Gasteiger partial charge in [0.1, 0.15) is 18.3 Å². The van der Waals surface area contributed by atoms with Gasteiger partial charge in [-0.25, -0.2) is 8.42 Å². The molecule has 5 rings (SSSR count). The van der Waals surface area contributed by atoms with Crippen LogP contribution < -0.4 is 14.4 Å². The minimum atomic E-state index is -4.26. The van der Waals surface area contributed by atoms with E-state index in [0.717, 1.165) is 53.1 Å². The number of aryl methyl sites for hydroxylation is 1. The number of hydrogen-bond donors (Lipinski definition) is 1. The lowest BCUT2D eigenvalue weighted by Crippen LogP contribution is -2.55. The highest BCUT2D eigenvalue weighted by Crippen LogP contribution is 2.28. The van der Waals surface area contributed by atoms with Gasteiger partial charge in [-0.2, -0.15) is 0 Å². The SMILES string of the molecule is COc1ccc(S(=O)(=O)N(CC(=O)N(Cc2cccc(C)c2)[C@@H](Cc2ccccc2)C(=O)NC2CCCCC2)c2cccc(Cl)c2)cc1. The Labute approximate surface area is 288 Å². The maximum atomic E-state index is 14.7. The maximum absolute atomic E-state index is 14.7. The minimum Gasteiger partial charge on any atom is -0.497 e. The maximum Gasteiger partial charge on any atom is 0.264 e. The molecule has 0 saturated heterocycles. The third-order valence-electron chi connectivity index (χ3n) is 8.68. The number of sulfonamides is 1. The zero-order valence-electron chi connectivity index (χ0n) is 27.3. The third-order valence-corrected chi connectivity index (χ3v) is 10.7. The van der Waals surface area contributed by atoms with E-state index in [2.05, 4.69) is 5.32 Å². The number of rotatable bonds is 13. The molecule has 0 spiro atoms. The van der Waals surface area contributed by atoms with Gasteiger partial charge in [-0.1, -0.05) is 97.1 Å². The summed E-state index contributed by atoms with van der Waals surface area (Å²) in [6.45, 7) is 1.53. The fourth-order valence-corrected chi connectivity index (χ4v) is 7.73. The smallest absolute Gasteiger partial charge is 0.264 e. The number of carbonyl (C=O) groups is 2. The van der Waals surface area contributed by atoms with Crippen molar-refractivity contribution in [2.75, 3.05) is 18.0 Å². The van der Waals surface area contributed by atoms with Gasteiger partial charge in [0, 0.05) is 24.0 Å². The van der Waals surface area contributed by atoms with Gasteiger partial charge in [-0.15, -0.1) is 0 Å². The van der Waals surface area contributed by atoms with Crippen LogP contribution in [0.15, 0.2) is 108 Å². The van der Waals surface area contributed by atoms with E-state index in [4.69, 9.17) is 16.3 Å². The summed E-state index contributed by atoms with van der Waals surface area (Å²) >= 11 is 6.33. The summed E-state index contributed by atoms with van der Waals surface area (Å²) in [5, 5.41) is 3.56. The van der Waals surface area contributed by atoms with Crippen molar-refractivity contribution in [3.05, 3.63) is 125 Å². The number of benzene rings is 4. The molecule has 4 aromatic carbocycles. The van der Waals surface area contributed by atoms with E-state index in [-0.39, 0.29) is 35.5 Å². The van der Waals surface area contributed by atoms with Crippen LogP contribution in [0.25, 0.3) is 0 Å². The Morgan fingerprint density at radius 1 is 0.875 bits per heavy atom. The molecular weight excluding hydrogens is 646 g/mol. The van der Waals surface area contributed by atoms with Crippen LogP contribution in [0.1, 0.15) is 48.8 Å². The zero-order chi connectivity index (χ0) is 34.1. The van der Waals surface area contributed by atoms with Crippen molar-refractivity contribution in [3.8, 4) is 5.75 Å². The summed E-state index contributed by atoms with van der Waals surface area (Å²) in [5.41, 5.74) is 2.96. The highest BCUT2D eigenvalue weighted by Gasteiger charge is 2.35. The van der Waals surface area contributed by atoms with E-state index < -0.39 is 28.5 Å². The van der Waals surface area contributed by atoms with E-state index in [0.29, 0.717) is 10.8 Å². The van der Waals surface area contributed by atoms with E-state index in [1.807, 2.05) is 61.5 Å². The molecule has 0 heterocycles. The van der Waals surface area contributed by atoms with Crippen molar-refractivity contribution in [1.82, 2.24) is 10.2 Å². The summed E-state index contributed by atoms with van der Waals surface area (Å²) in [6, 6.07) is 28.9. The number of carbonyl (C=O) groups excluding carboxylic acids is 2. The van der Waals surface area contributed by atoms with Crippen LogP contribution in [-0.2, 0) is 32.6 Å². The predicted molar refractivity (Wildman–Crippen MR) is 190 cm³/mol. The van der Waals surface area contributed by atoms with E-state index in [1.165, 1.54) is 30.2 Å². The molecule has 8 nitrogen and oxygen atoms in total. The predicted octanol–water partition coefficient (Wildman–Crippen LogP) is 6.94. The summed E-state index contributed by atoms with van der Waals surface area (Å²) < 4.78 is 34.8. The largest absolute Gasteiger partial charge is 0.497 e. The molecule has 1 fully saturated rings. The Morgan fingerprint density at radius 2 is 1.56 bits per heavy atom. The van der Waals surface area contributed by atoms with Crippen molar-refractivity contribution >= 4 is 39.1 Å². The van der Waals surface area contributed by atoms with Crippen LogP contribution in [0, 0.1) is 6.92 Å². The monoisotopic (exact) mass is 687 g/mol. The molecule has 1 N–H and O–H groups in total. The molecule has 0 unspecified atom stereocenters. The standard InChI is InChI=1S/C38H42ClN3O5S/c1-28-11-9-14-30(23-28)26-41(36(24-29-12-5-3-6-13-29)38(44)40-32-16-7-4-8-17-32)37(43)27-42(33-18-10-15-31(39)25-33)48(45,46)35-21-19-34(47-2)20-22-35/h3,5-6,9-15,18-23,25,32,36H,4,7-8,16-17,24,26-27H2,1-2H3,(H,40,44)/t36-/m0/s1. The zero-order valence-corrected chi connectivity index (χ0v) is 28.9. The van der Waals surface area contributed by atoms with Crippen LogP contribution in [0.3, 0.4) is 0 Å². The molecule has 1 aliphatic carbocycles. The lowest BCUT2D eigenvalue weighted by atomic mass is 9.94. The van der Waals surface area contributed by atoms with Gasteiger partial charge in [-0.05, 0) is 73.4 Å². The van der Waals surface area contributed by atoms with E-state index in [9.17, 15) is 18.0 Å². The second kappa shape index (κ2) is 16.2. The van der Waals surface area contributed by atoms with Crippen LogP contribution in [0.2, 0.25) is 5.02 Å². The summed E-state index contributed by atoms with van der Waals surface area (Å²) in [7, 11) is -2.76. The molecule has 1 atom stereocenters. The molecule has 1 saturated carbocycles. The number of ether oxygens (including phenoxy) is 1. The molecule has 0 aliphatic heterocycles. The van der Waals surface area contributed by atoms with Crippen molar-refractivity contribution in [3.63, 3.8) is 0 Å². The van der Waals surface area contributed by atoms with Gasteiger partial charge < -0.3 is 15.0 Å². The van der Waals surface area contributed by atoms with Gasteiger partial charge in [0.05, 0.1) is 17.7 Å². The fraction of sp³-hybridized carbons (Fsp3) is 0.316. The fourth-order valence-electron chi connectivity index (χ4n) is 6.14. The Hall–Kier alpha value is -4.34. The van der Waals surface area contributed by atoms with Gasteiger partial charge in [0.25, 0.3) is 10.0 Å².